The van der Waals surface area contributed by atoms with Crippen molar-refractivity contribution in [2.45, 2.75) is 12.3 Å². The summed E-state index contributed by atoms with van der Waals surface area (Å²) in [5.41, 5.74) is 4.16. The van der Waals surface area contributed by atoms with Crippen LogP contribution in [0.4, 0.5) is 5.69 Å². The Morgan fingerprint density at radius 2 is 1.74 bits per heavy atom. The van der Waals surface area contributed by atoms with Crippen LogP contribution in [-0.4, -0.2) is 5.91 Å². The molecule has 0 aliphatic carbocycles. The van der Waals surface area contributed by atoms with Gasteiger partial charge in [-0.2, -0.15) is 0 Å². The van der Waals surface area contributed by atoms with Crippen LogP contribution in [0, 0.1) is 0 Å². The third-order valence-corrected chi connectivity index (χ3v) is 3.53. The standard InChI is InChI=1S/C17H15NO/c1-2-7-15-13-9-4-3-8-12(13)14-10-5-6-11-16(14)18-17(15)19/h2-6,8-11,15H,1,7H2,(H,18,19). The van der Waals surface area contributed by atoms with E-state index in [1.807, 2.05) is 42.5 Å². The van der Waals surface area contributed by atoms with Crippen LogP contribution in [0.15, 0.2) is 61.2 Å². The molecule has 0 aromatic heterocycles. The molecule has 1 amide bonds. The smallest absolute Gasteiger partial charge is 0.232 e. The number of hydrogen-bond acceptors (Lipinski definition) is 1. The lowest BCUT2D eigenvalue weighted by atomic mass is 9.89. The normalized spacial score (nSPS) is 16.8. The summed E-state index contributed by atoms with van der Waals surface area (Å²) in [7, 11) is 0. The highest BCUT2D eigenvalue weighted by molar-refractivity contribution is 6.03. The van der Waals surface area contributed by atoms with Gasteiger partial charge >= 0.3 is 0 Å². The van der Waals surface area contributed by atoms with E-state index in [0.29, 0.717) is 6.42 Å². The molecule has 0 bridgehead atoms. The van der Waals surface area contributed by atoms with Gasteiger partial charge < -0.3 is 5.32 Å². The Morgan fingerprint density at radius 1 is 1.05 bits per heavy atom. The summed E-state index contributed by atoms with van der Waals surface area (Å²) in [6, 6.07) is 16.0. The fraction of sp³-hybridized carbons (Fsp3) is 0.118. The van der Waals surface area contributed by atoms with Gasteiger partial charge in [0.05, 0.1) is 5.92 Å². The van der Waals surface area contributed by atoms with Crippen molar-refractivity contribution in [1.29, 1.82) is 0 Å². The van der Waals surface area contributed by atoms with E-state index in [9.17, 15) is 4.79 Å². The van der Waals surface area contributed by atoms with Gasteiger partial charge in [0.1, 0.15) is 0 Å². The SMILES string of the molecule is C=CCC1C(=O)Nc2ccccc2-c2ccccc21. The van der Waals surface area contributed by atoms with E-state index < -0.39 is 0 Å². The Kier molecular flexibility index (Phi) is 2.92. The van der Waals surface area contributed by atoms with Crippen LogP contribution in [0.5, 0.6) is 0 Å². The van der Waals surface area contributed by atoms with Gasteiger partial charge in [0, 0.05) is 11.3 Å². The first-order chi connectivity index (χ1) is 9.31. The summed E-state index contributed by atoms with van der Waals surface area (Å²) in [5, 5.41) is 3.02. The molecule has 1 aliphatic rings. The molecule has 2 aromatic rings. The molecule has 1 N–H and O–H groups in total. The molecule has 3 rings (SSSR count). The number of allylic oxidation sites excluding steroid dienone is 1. The third kappa shape index (κ3) is 1.95. The molecule has 0 saturated heterocycles. The van der Waals surface area contributed by atoms with Gasteiger partial charge in [-0.25, -0.2) is 0 Å². The van der Waals surface area contributed by atoms with E-state index in [-0.39, 0.29) is 11.8 Å². The molecule has 1 unspecified atom stereocenters. The van der Waals surface area contributed by atoms with E-state index in [1.165, 1.54) is 0 Å². The van der Waals surface area contributed by atoms with Gasteiger partial charge in [-0.05, 0) is 23.6 Å². The predicted octanol–water partition coefficient (Wildman–Crippen LogP) is 3.97. The summed E-state index contributed by atoms with van der Waals surface area (Å²) < 4.78 is 0. The highest BCUT2D eigenvalue weighted by Crippen LogP contribution is 2.39. The lowest BCUT2D eigenvalue weighted by Gasteiger charge is -2.14. The van der Waals surface area contributed by atoms with Gasteiger partial charge in [-0.3, -0.25) is 4.79 Å². The molecular weight excluding hydrogens is 234 g/mol. The average molecular weight is 249 g/mol. The average Bonchev–Trinajstić information content (AvgIpc) is 2.56. The first-order valence-corrected chi connectivity index (χ1v) is 6.41. The zero-order valence-corrected chi connectivity index (χ0v) is 10.6. The van der Waals surface area contributed by atoms with Crippen molar-refractivity contribution >= 4 is 11.6 Å². The first kappa shape index (κ1) is 11.7. The topological polar surface area (TPSA) is 29.1 Å². The maximum absolute atomic E-state index is 12.4. The number of anilines is 1. The minimum Gasteiger partial charge on any atom is -0.325 e. The van der Waals surface area contributed by atoms with E-state index in [4.69, 9.17) is 0 Å². The Balaban J connectivity index is 2.25. The molecule has 0 spiro atoms. The van der Waals surface area contributed by atoms with Crippen molar-refractivity contribution in [2.24, 2.45) is 0 Å². The maximum atomic E-state index is 12.4. The molecule has 2 nitrogen and oxygen atoms in total. The summed E-state index contributed by atoms with van der Waals surface area (Å²) in [5.74, 6) is -0.126. The van der Waals surface area contributed by atoms with E-state index in [0.717, 1.165) is 22.4 Å². The molecule has 0 fully saturated rings. The van der Waals surface area contributed by atoms with E-state index in [2.05, 4.69) is 18.0 Å². The summed E-state index contributed by atoms with van der Waals surface area (Å²) in [4.78, 5) is 12.4. The summed E-state index contributed by atoms with van der Waals surface area (Å²) >= 11 is 0. The minimum atomic E-state index is -0.166. The van der Waals surface area contributed by atoms with Crippen molar-refractivity contribution < 1.29 is 4.79 Å². The fourth-order valence-electron chi connectivity index (χ4n) is 2.63. The third-order valence-electron chi connectivity index (χ3n) is 3.53. The lowest BCUT2D eigenvalue weighted by Crippen LogP contribution is -2.19. The van der Waals surface area contributed by atoms with Gasteiger partial charge in [-0.15, -0.1) is 6.58 Å². The van der Waals surface area contributed by atoms with Crippen LogP contribution in [-0.2, 0) is 4.79 Å². The molecule has 1 aliphatic heterocycles. The molecule has 19 heavy (non-hydrogen) atoms. The van der Waals surface area contributed by atoms with Crippen molar-refractivity contribution in [3.05, 3.63) is 66.7 Å². The minimum absolute atomic E-state index is 0.0392. The highest BCUT2D eigenvalue weighted by Gasteiger charge is 2.26. The number of fused-ring (bicyclic) bond motifs is 3. The van der Waals surface area contributed by atoms with Gasteiger partial charge in [-0.1, -0.05) is 48.5 Å². The van der Waals surface area contributed by atoms with E-state index >= 15 is 0 Å². The number of nitrogens with one attached hydrogen (secondary N) is 1. The monoisotopic (exact) mass is 249 g/mol. The second kappa shape index (κ2) is 4.73. The quantitative estimate of drug-likeness (QED) is 0.802. The zero-order valence-electron chi connectivity index (χ0n) is 10.6. The zero-order chi connectivity index (χ0) is 13.2. The number of hydrogen-bond donors (Lipinski definition) is 1. The Labute approximate surface area is 112 Å². The Morgan fingerprint density at radius 3 is 2.53 bits per heavy atom. The second-order valence-corrected chi connectivity index (χ2v) is 4.70. The van der Waals surface area contributed by atoms with Crippen LogP contribution in [0.3, 0.4) is 0 Å². The van der Waals surface area contributed by atoms with Gasteiger partial charge in [0.2, 0.25) is 5.91 Å². The van der Waals surface area contributed by atoms with Crippen molar-refractivity contribution in [3.8, 4) is 11.1 Å². The molecule has 0 saturated carbocycles. The second-order valence-electron chi connectivity index (χ2n) is 4.70. The molecule has 1 atom stereocenters. The lowest BCUT2D eigenvalue weighted by molar-refractivity contribution is -0.117. The molecule has 2 heteroatoms. The first-order valence-electron chi connectivity index (χ1n) is 6.41. The maximum Gasteiger partial charge on any atom is 0.232 e. The van der Waals surface area contributed by atoms with Crippen LogP contribution < -0.4 is 5.32 Å². The number of benzene rings is 2. The number of para-hydroxylation sites is 1. The number of carbonyl (C=O) groups is 1. The molecule has 94 valence electrons. The fourth-order valence-corrected chi connectivity index (χ4v) is 2.63. The Hall–Kier alpha value is -2.35. The Bertz CT molecular complexity index is 645. The van der Waals surface area contributed by atoms with E-state index in [1.54, 1.807) is 6.08 Å². The predicted molar refractivity (Wildman–Crippen MR) is 78.1 cm³/mol. The van der Waals surface area contributed by atoms with Crippen molar-refractivity contribution in [2.75, 3.05) is 5.32 Å². The molecule has 2 aromatic carbocycles. The van der Waals surface area contributed by atoms with Crippen molar-refractivity contribution in [3.63, 3.8) is 0 Å². The van der Waals surface area contributed by atoms with Crippen LogP contribution in [0.25, 0.3) is 11.1 Å². The molecular formula is C17H15NO. The summed E-state index contributed by atoms with van der Waals surface area (Å²) in [6.45, 7) is 3.76. The van der Waals surface area contributed by atoms with Crippen LogP contribution >= 0.6 is 0 Å². The van der Waals surface area contributed by atoms with Crippen LogP contribution in [0.2, 0.25) is 0 Å². The summed E-state index contributed by atoms with van der Waals surface area (Å²) in [6.07, 6.45) is 2.45. The highest BCUT2D eigenvalue weighted by atomic mass is 16.1. The van der Waals surface area contributed by atoms with Gasteiger partial charge in [0.25, 0.3) is 0 Å². The molecule has 0 radical (unpaired) electrons. The van der Waals surface area contributed by atoms with Crippen molar-refractivity contribution in [1.82, 2.24) is 0 Å². The molecule has 1 heterocycles. The van der Waals surface area contributed by atoms with Crippen LogP contribution in [0.1, 0.15) is 17.9 Å². The van der Waals surface area contributed by atoms with Gasteiger partial charge in [0.15, 0.2) is 0 Å². The number of carbonyl (C=O) groups excluding carboxylic acids is 1. The number of rotatable bonds is 2. The largest absolute Gasteiger partial charge is 0.325 e. The number of amides is 1.